The second-order valence-electron chi connectivity index (χ2n) is 5.78. The molecule has 0 aliphatic carbocycles. The average molecular weight is 283 g/mol. The summed E-state index contributed by atoms with van der Waals surface area (Å²) in [5.41, 5.74) is 1.70. The van der Waals surface area contributed by atoms with E-state index in [1.165, 1.54) is 6.07 Å². The summed E-state index contributed by atoms with van der Waals surface area (Å²) >= 11 is 0. The van der Waals surface area contributed by atoms with E-state index in [0.717, 1.165) is 12.1 Å². The predicted octanol–water partition coefficient (Wildman–Crippen LogP) is 3.27. The molecule has 1 aromatic rings. The van der Waals surface area contributed by atoms with Crippen LogP contribution in [0.1, 0.15) is 38.8 Å². The molecule has 1 rings (SSSR count). The highest BCUT2D eigenvalue weighted by Gasteiger charge is 2.09. The Kier molecular flexibility index (Phi) is 7.13. The monoisotopic (exact) mass is 283 g/mol. The molecule has 0 amide bonds. The van der Waals surface area contributed by atoms with Crippen molar-refractivity contribution in [3.63, 3.8) is 0 Å². The fourth-order valence-corrected chi connectivity index (χ4v) is 1.66. The number of hydrogen-bond donors (Lipinski definition) is 1. The Morgan fingerprint density at radius 1 is 1.15 bits per heavy atom. The number of rotatable bonds is 8. The highest BCUT2D eigenvalue weighted by Crippen LogP contribution is 2.13. The van der Waals surface area contributed by atoms with Crippen molar-refractivity contribution in [1.29, 1.82) is 0 Å². The molecule has 114 valence electrons. The van der Waals surface area contributed by atoms with E-state index in [1.807, 2.05) is 13.0 Å². The van der Waals surface area contributed by atoms with Crippen LogP contribution in [-0.2, 0) is 22.6 Å². The predicted molar refractivity (Wildman–Crippen MR) is 79.1 cm³/mol. The van der Waals surface area contributed by atoms with Crippen molar-refractivity contribution in [1.82, 2.24) is 5.32 Å². The van der Waals surface area contributed by atoms with Gasteiger partial charge in [-0.1, -0.05) is 6.07 Å². The van der Waals surface area contributed by atoms with Gasteiger partial charge in [-0.05, 0) is 45.4 Å². The summed E-state index contributed by atoms with van der Waals surface area (Å²) in [7, 11) is 0. The molecule has 1 aromatic carbocycles. The summed E-state index contributed by atoms with van der Waals surface area (Å²) in [5, 5.41) is 3.39. The minimum Gasteiger partial charge on any atom is -0.379 e. The van der Waals surface area contributed by atoms with Crippen LogP contribution in [-0.4, -0.2) is 25.4 Å². The molecule has 0 atom stereocenters. The fraction of sp³-hybridized carbons (Fsp3) is 0.625. The van der Waals surface area contributed by atoms with Crippen LogP contribution in [0.3, 0.4) is 0 Å². The topological polar surface area (TPSA) is 30.5 Å². The third-order valence-corrected chi connectivity index (χ3v) is 2.77. The van der Waals surface area contributed by atoms with Gasteiger partial charge in [-0.15, -0.1) is 0 Å². The molecule has 0 bridgehead atoms. The third kappa shape index (κ3) is 6.98. The maximum absolute atomic E-state index is 13.7. The maximum Gasteiger partial charge on any atom is 0.128 e. The molecular weight excluding hydrogens is 257 g/mol. The molecule has 0 spiro atoms. The number of benzene rings is 1. The van der Waals surface area contributed by atoms with Gasteiger partial charge in [0.05, 0.1) is 19.8 Å². The fourth-order valence-electron chi connectivity index (χ4n) is 1.66. The zero-order chi connectivity index (χ0) is 15.0. The van der Waals surface area contributed by atoms with Crippen molar-refractivity contribution in [2.75, 3.05) is 19.8 Å². The van der Waals surface area contributed by atoms with Crippen molar-refractivity contribution >= 4 is 0 Å². The SMILES string of the molecule is CCOCCOCc1cc(CNC(C)(C)C)ccc1F. The van der Waals surface area contributed by atoms with Gasteiger partial charge in [-0.2, -0.15) is 0 Å². The van der Waals surface area contributed by atoms with E-state index < -0.39 is 0 Å². The van der Waals surface area contributed by atoms with Crippen LogP contribution >= 0.6 is 0 Å². The number of ether oxygens (including phenoxy) is 2. The molecule has 0 fully saturated rings. The standard InChI is InChI=1S/C16H26FNO2/c1-5-19-8-9-20-12-14-10-13(6-7-15(14)17)11-18-16(2,3)4/h6-7,10,18H,5,8-9,11-12H2,1-4H3. The molecule has 0 aromatic heterocycles. The van der Waals surface area contributed by atoms with E-state index in [1.54, 1.807) is 6.07 Å². The average Bonchev–Trinajstić information content (AvgIpc) is 2.38. The number of hydrogen-bond acceptors (Lipinski definition) is 3. The molecule has 20 heavy (non-hydrogen) atoms. The molecule has 4 heteroatoms. The lowest BCUT2D eigenvalue weighted by molar-refractivity contribution is 0.0443. The Hall–Kier alpha value is -0.970. The van der Waals surface area contributed by atoms with Gasteiger partial charge in [0, 0.05) is 24.3 Å². The summed E-state index contributed by atoms with van der Waals surface area (Å²) < 4.78 is 24.3. The van der Waals surface area contributed by atoms with Gasteiger partial charge in [0.25, 0.3) is 0 Å². The smallest absolute Gasteiger partial charge is 0.128 e. The minimum atomic E-state index is -0.221. The number of halogens is 1. The summed E-state index contributed by atoms with van der Waals surface area (Å²) in [6.45, 7) is 11.0. The first-order valence-electron chi connectivity index (χ1n) is 7.10. The zero-order valence-electron chi connectivity index (χ0n) is 13.0. The van der Waals surface area contributed by atoms with Crippen molar-refractivity contribution < 1.29 is 13.9 Å². The van der Waals surface area contributed by atoms with Crippen LogP contribution in [0, 0.1) is 5.82 Å². The summed E-state index contributed by atoms with van der Waals surface area (Å²) in [6, 6.07) is 5.16. The Morgan fingerprint density at radius 3 is 2.50 bits per heavy atom. The van der Waals surface area contributed by atoms with E-state index in [0.29, 0.717) is 25.4 Å². The van der Waals surface area contributed by atoms with Crippen molar-refractivity contribution in [3.05, 3.63) is 35.1 Å². The largest absolute Gasteiger partial charge is 0.379 e. The highest BCUT2D eigenvalue weighted by atomic mass is 19.1. The molecule has 0 unspecified atom stereocenters. The van der Waals surface area contributed by atoms with Gasteiger partial charge >= 0.3 is 0 Å². The molecular formula is C16H26FNO2. The minimum absolute atomic E-state index is 0.0442. The van der Waals surface area contributed by atoms with E-state index in [4.69, 9.17) is 9.47 Å². The quantitative estimate of drug-likeness (QED) is 0.743. The Morgan fingerprint density at radius 2 is 1.85 bits per heavy atom. The van der Waals surface area contributed by atoms with Crippen LogP contribution in [0.15, 0.2) is 18.2 Å². The summed E-state index contributed by atoms with van der Waals surface area (Å²) in [5.74, 6) is -0.221. The molecule has 0 heterocycles. The Bertz CT molecular complexity index is 402. The molecule has 1 N–H and O–H groups in total. The van der Waals surface area contributed by atoms with Gasteiger partial charge in [-0.25, -0.2) is 4.39 Å². The van der Waals surface area contributed by atoms with E-state index in [-0.39, 0.29) is 18.0 Å². The second kappa shape index (κ2) is 8.35. The van der Waals surface area contributed by atoms with Gasteiger partial charge in [-0.3, -0.25) is 0 Å². The highest BCUT2D eigenvalue weighted by molar-refractivity contribution is 5.24. The van der Waals surface area contributed by atoms with Crippen molar-refractivity contribution in [2.45, 2.75) is 46.4 Å². The maximum atomic E-state index is 13.7. The summed E-state index contributed by atoms with van der Waals surface area (Å²) in [4.78, 5) is 0. The van der Waals surface area contributed by atoms with Gasteiger partial charge in [0.15, 0.2) is 0 Å². The normalized spacial score (nSPS) is 11.8. The van der Waals surface area contributed by atoms with Crippen LogP contribution in [0.25, 0.3) is 0 Å². The molecule has 3 nitrogen and oxygen atoms in total. The van der Waals surface area contributed by atoms with Crippen LogP contribution < -0.4 is 5.32 Å². The first kappa shape index (κ1) is 17.1. The van der Waals surface area contributed by atoms with Gasteiger partial charge in [0.1, 0.15) is 5.82 Å². The lowest BCUT2D eigenvalue weighted by atomic mass is 10.1. The summed E-state index contributed by atoms with van der Waals surface area (Å²) in [6.07, 6.45) is 0. The lowest BCUT2D eigenvalue weighted by Crippen LogP contribution is -2.35. The third-order valence-electron chi connectivity index (χ3n) is 2.77. The first-order chi connectivity index (χ1) is 9.42. The molecule has 0 aliphatic heterocycles. The second-order valence-corrected chi connectivity index (χ2v) is 5.78. The van der Waals surface area contributed by atoms with Crippen LogP contribution in [0.2, 0.25) is 0 Å². The van der Waals surface area contributed by atoms with E-state index >= 15 is 0 Å². The van der Waals surface area contributed by atoms with Crippen LogP contribution in [0.4, 0.5) is 4.39 Å². The molecule has 0 aliphatic rings. The Balaban J connectivity index is 2.49. The van der Waals surface area contributed by atoms with Crippen molar-refractivity contribution in [3.8, 4) is 0 Å². The number of nitrogens with one attached hydrogen (secondary N) is 1. The first-order valence-corrected chi connectivity index (χ1v) is 7.10. The van der Waals surface area contributed by atoms with Crippen LogP contribution in [0.5, 0.6) is 0 Å². The van der Waals surface area contributed by atoms with E-state index in [2.05, 4.69) is 26.1 Å². The molecule has 0 saturated carbocycles. The Labute approximate surface area is 121 Å². The van der Waals surface area contributed by atoms with Crippen molar-refractivity contribution in [2.24, 2.45) is 0 Å². The zero-order valence-corrected chi connectivity index (χ0v) is 13.0. The van der Waals surface area contributed by atoms with Gasteiger partial charge < -0.3 is 14.8 Å². The lowest BCUT2D eigenvalue weighted by Gasteiger charge is -2.20. The van der Waals surface area contributed by atoms with Gasteiger partial charge in [0.2, 0.25) is 0 Å². The molecule has 0 radical (unpaired) electrons. The molecule has 0 saturated heterocycles. The van der Waals surface area contributed by atoms with E-state index in [9.17, 15) is 4.39 Å².